The second-order valence-corrected chi connectivity index (χ2v) is 5.83. The van der Waals surface area contributed by atoms with Gasteiger partial charge in [-0.15, -0.1) is 10.9 Å². The molecule has 3 rings (SSSR count). The second-order valence-electron chi connectivity index (χ2n) is 5.83. The van der Waals surface area contributed by atoms with Crippen molar-refractivity contribution in [3.63, 3.8) is 0 Å². The Morgan fingerprint density at radius 3 is 2.92 bits per heavy atom. The summed E-state index contributed by atoms with van der Waals surface area (Å²) in [6.07, 6.45) is 4.86. The van der Waals surface area contributed by atoms with Gasteiger partial charge in [-0.1, -0.05) is 37.4 Å². The second kappa shape index (κ2) is 8.84. The number of carbonyl (C=O) groups is 2. The molecule has 0 spiro atoms. The molecular weight excluding hydrogens is 409 g/mol. The van der Waals surface area contributed by atoms with Gasteiger partial charge in [0.1, 0.15) is 6.61 Å². The number of nitrogens with one attached hydrogen (secondary N) is 1. The fourth-order valence-electron chi connectivity index (χ4n) is 2.75. The van der Waals surface area contributed by atoms with E-state index in [1.54, 1.807) is 13.0 Å². The summed E-state index contributed by atoms with van der Waals surface area (Å²) in [5.74, 6) is -0.773. The van der Waals surface area contributed by atoms with Gasteiger partial charge in [-0.3, -0.25) is 4.79 Å². The Labute approximate surface area is 177 Å². The number of cyclic esters (lactones) is 1. The number of carbonyl (C=O) groups excluding carboxylic acids is 2. The number of amides is 1. The van der Waals surface area contributed by atoms with Crippen LogP contribution in [0, 0.1) is 6.20 Å². The van der Waals surface area contributed by atoms with Gasteiger partial charge in [0.2, 0.25) is 0 Å². The molecule has 1 aliphatic rings. The summed E-state index contributed by atoms with van der Waals surface area (Å²) in [6.45, 7) is 2.03. The maximum Gasteiger partial charge on any atom is 0.342 e. The molecule has 2 heterocycles. The first kappa shape index (κ1) is 20.7. The van der Waals surface area contributed by atoms with Crippen LogP contribution < -0.4 is 5.32 Å². The predicted molar refractivity (Wildman–Crippen MR) is 91.5 cm³/mol. The molecule has 0 saturated heterocycles. The number of nitrogens with zero attached hydrogens (tertiary/aromatic N) is 1. The van der Waals surface area contributed by atoms with E-state index < -0.39 is 11.6 Å². The van der Waals surface area contributed by atoms with Crippen LogP contribution in [0.1, 0.15) is 18.9 Å². The Hall–Kier alpha value is -1.63. The van der Waals surface area contributed by atoms with Crippen LogP contribution >= 0.6 is 0 Å². The number of pyridine rings is 1. The van der Waals surface area contributed by atoms with E-state index in [0.717, 1.165) is 16.5 Å². The molecule has 0 fully saturated rings. The molecule has 1 unspecified atom stereocenters. The molecule has 133 valence electrons. The Balaban J connectivity index is 0.00000243. The third-order valence-corrected chi connectivity index (χ3v) is 4.32. The van der Waals surface area contributed by atoms with E-state index in [9.17, 15) is 9.59 Å². The first-order valence-electron chi connectivity index (χ1n) is 8.06. The molecule has 0 aliphatic carbocycles. The Morgan fingerprint density at radius 2 is 2.19 bits per heavy atom. The molecule has 1 aromatic carbocycles. The molecule has 1 aromatic heterocycles. The van der Waals surface area contributed by atoms with Crippen molar-refractivity contribution in [2.45, 2.75) is 25.5 Å². The summed E-state index contributed by atoms with van der Waals surface area (Å²) in [5.41, 5.74) is 0.806. The van der Waals surface area contributed by atoms with Gasteiger partial charge in [0.25, 0.3) is 5.91 Å². The van der Waals surface area contributed by atoms with Crippen molar-refractivity contribution >= 4 is 22.8 Å². The van der Waals surface area contributed by atoms with Crippen LogP contribution in [0.15, 0.2) is 42.0 Å². The maximum absolute atomic E-state index is 12.4. The Kier molecular flexibility index (Phi) is 7.04. The molecule has 2 aromatic rings. The fraction of sp³-hybridized carbons (Fsp3) is 0.316. The quantitative estimate of drug-likeness (QED) is 0.582. The molecular formula is C19H19N2O4Y-. The summed E-state index contributed by atoms with van der Waals surface area (Å²) in [7, 11) is 1.43. The van der Waals surface area contributed by atoms with Crippen molar-refractivity contribution in [3.05, 3.63) is 53.7 Å². The molecule has 6 nitrogen and oxygen atoms in total. The third-order valence-electron chi connectivity index (χ3n) is 4.32. The molecule has 7 heteroatoms. The Bertz CT molecular complexity index is 846. The normalized spacial score (nSPS) is 19.3. The van der Waals surface area contributed by atoms with Gasteiger partial charge in [0.15, 0.2) is 5.60 Å². The summed E-state index contributed by atoms with van der Waals surface area (Å²) in [4.78, 5) is 28.6. The average Bonchev–Trinajstić information content (AvgIpc) is 2.66. The maximum atomic E-state index is 12.4. The fourth-order valence-corrected chi connectivity index (χ4v) is 2.75. The van der Waals surface area contributed by atoms with Crippen LogP contribution in [-0.4, -0.2) is 36.2 Å². The van der Waals surface area contributed by atoms with E-state index in [4.69, 9.17) is 9.47 Å². The number of benzene rings is 1. The molecule has 0 saturated carbocycles. The molecule has 1 amide bonds. The SMILES string of the molecule is CCC1(OC)C=C(C(=O)NCc2[c-]nc3ccccc3c2)COC1=O.[Y]. The summed E-state index contributed by atoms with van der Waals surface area (Å²) < 4.78 is 10.4. The number of fused-ring (bicyclic) bond motifs is 1. The summed E-state index contributed by atoms with van der Waals surface area (Å²) >= 11 is 0. The van der Waals surface area contributed by atoms with E-state index in [2.05, 4.69) is 16.5 Å². The Morgan fingerprint density at radius 1 is 1.42 bits per heavy atom. The summed E-state index contributed by atoms with van der Waals surface area (Å²) in [5, 5.41) is 3.80. The largest absolute Gasteiger partial charge is 0.458 e. The molecule has 1 N–H and O–H groups in total. The van der Waals surface area contributed by atoms with Gasteiger partial charge in [-0.25, -0.2) is 4.79 Å². The van der Waals surface area contributed by atoms with Crippen LogP contribution in [-0.2, 0) is 58.3 Å². The van der Waals surface area contributed by atoms with Crippen LogP contribution in [0.25, 0.3) is 10.9 Å². The standard InChI is InChI=1S/C19H19N2O4.Y/c1-3-19(24-2)9-15(12-25-18(19)23)17(22)21-11-13-8-14-6-4-5-7-16(14)20-10-13;/h4-9H,3,11-12H2,1-2H3,(H,21,22);/q-1;. The van der Waals surface area contributed by atoms with Gasteiger partial charge in [-0.05, 0) is 18.0 Å². The van der Waals surface area contributed by atoms with Crippen LogP contribution in [0.4, 0.5) is 0 Å². The van der Waals surface area contributed by atoms with Crippen molar-refractivity contribution in [1.29, 1.82) is 0 Å². The molecule has 1 atom stereocenters. The average molecular weight is 428 g/mol. The van der Waals surface area contributed by atoms with Gasteiger partial charge in [0.05, 0.1) is 5.57 Å². The van der Waals surface area contributed by atoms with Gasteiger partial charge < -0.3 is 19.8 Å². The molecule has 1 radical (unpaired) electrons. The van der Waals surface area contributed by atoms with Crippen LogP contribution in [0.5, 0.6) is 0 Å². The van der Waals surface area contributed by atoms with Crippen molar-refractivity contribution in [1.82, 2.24) is 10.3 Å². The van der Waals surface area contributed by atoms with E-state index in [-0.39, 0.29) is 51.8 Å². The number of methoxy groups -OCH3 is 1. The van der Waals surface area contributed by atoms with Crippen LogP contribution in [0.2, 0.25) is 0 Å². The van der Waals surface area contributed by atoms with Crippen molar-refractivity contribution in [3.8, 4) is 0 Å². The number of ether oxygens (including phenoxy) is 2. The van der Waals surface area contributed by atoms with Gasteiger partial charge >= 0.3 is 5.97 Å². The number of rotatable bonds is 5. The monoisotopic (exact) mass is 428 g/mol. The zero-order chi connectivity index (χ0) is 17.9. The molecule has 0 bridgehead atoms. The van der Waals surface area contributed by atoms with Gasteiger partial charge in [0, 0.05) is 46.4 Å². The molecule has 1 aliphatic heterocycles. The number of aromatic nitrogens is 1. The number of hydrogen-bond acceptors (Lipinski definition) is 5. The van der Waals surface area contributed by atoms with Crippen molar-refractivity contribution < 1.29 is 51.8 Å². The van der Waals surface area contributed by atoms with E-state index >= 15 is 0 Å². The zero-order valence-corrected chi connectivity index (χ0v) is 17.6. The third kappa shape index (κ3) is 4.19. The first-order valence-corrected chi connectivity index (χ1v) is 8.06. The minimum absolute atomic E-state index is 0. The minimum Gasteiger partial charge on any atom is -0.458 e. The zero-order valence-electron chi connectivity index (χ0n) is 14.7. The number of para-hydroxylation sites is 1. The first-order chi connectivity index (χ1) is 12.1. The topological polar surface area (TPSA) is 77.5 Å². The van der Waals surface area contributed by atoms with Crippen LogP contribution in [0.3, 0.4) is 0 Å². The van der Waals surface area contributed by atoms with E-state index in [0.29, 0.717) is 12.0 Å². The van der Waals surface area contributed by atoms with Gasteiger partial charge in [-0.2, -0.15) is 6.07 Å². The number of hydrogen-bond donors (Lipinski definition) is 1. The van der Waals surface area contributed by atoms with Crippen molar-refractivity contribution in [2.24, 2.45) is 0 Å². The van der Waals surface area contributed by atoms with E-state index in [1.807, 2.05) is 30.3 Å². The minimum atomic E-state index is -1.19. The predicted octanol–water partition coefficient (Wildman–Crippen LogP) is 1.93. The van der Waals surface area contributed by atoms with Crippen molar-refractivity contribution in [2.75, 3.05) is 13.7 Å². The summed E-state index contributed by atoms with van der Waals surface area (Å²) in [6, 6.07) is 9.65. The molecule has 26 heavy (non-hydrogen) atoms. The smallest absolute Gasteiger partial charge is 0.342 e. The van der Waals surface area contributed by atoms with E-state index in [1.165, 1.54) is 7.11 Å². The number of esters is 1.